The van der Waals surface area contributed by atoms with Gasteiger partial charge in [0.05, 0.1) is 23.4 Å². The first-order valence-electron chi connectivity index (χ1n) is 7.43. The monoisotopic (exact) mass is 361 g/mol. The van der Waals surface area contributed by atoms with Crippen molar-refractivity contribution >= 4 is 33.6 Å². The van der Waals surface area contributed by atoms with Crippen molar-refractivity contribution in [3.63, 3.8) is 0 Å². The van der Waals surface area contributed by atoms with Gasteiger partial charge in [0.25, 0.3) is 0 Å². The number of aromatic nitrogens is 1. The fraction of sp³-hybridized carbons (Fsp3) is 0.105. The quantitative estimate of drug-likeness (QED) is 0.594. The summed E-state index contributed by atoms with van der Waals surface area (Å²) in [7, 11) is 1.38. The Morgan fingerprint density at radius 3 is 2.64 bits per heavy atom. The number of alkyl halides is 2. The first-order chi connectivity index (χ1) is 12.1. The summed E-state index contributed by atoms with van der Waals surface area (Å²) in [4.78, 5) is 4.50. The zero-order valence-electron chi connectivity index (χ0n) is 13.2. The zero-order valence-corrected chi connectivity index (χ0v) is 14.0. The number of nitrogens with zero attached hydrogens (tertiary/aromatic N) is 1. The van der Waals surface area contributed by atoms with Crippen molar-refractivity contribution in [1.82, 2.24) is 4.98 Å². The standard InChI is InChI=1S/C19H14ClF2NO2/c1-24-17-9-6-12(11-18(17)25-19(21)22)10-14(20)16-8-7-13-4-2-3-5-15(13)23-16/h2-11,19H,1H3/b14-10-. The minimum Gasteiger partial charge on any atom is -0.493 e. The second-order valence-corrected chi connectivity index (χ2v) is 5.58. The van der Waals surface area contributed by atoms with Crippen LogP contribution in [0.3, 0.4) is 0 Å². The summed E-state index contributed by atoms with van der Waals surface area (Å²) in [6, 6.07) is 16.1. The van der Waals surface area contributed by atoms with E-state index < -0.39 is 6.61 Å². The van der Waals surface area contributed by atoms with Crippen molar-refractivity contribution in [1.29, 1.82) is 0 Å². The van der Waals surface area contributed by atoms with E-state index in [2.05, 4.69) is 9.72 Å². The molecule has 0 spiro atoms. The van der Waals surface area contributed by atoms with Gasteiger partial charge in [0.2, 0.25) is 0 Å². The number of methoxy groups -OCH3 is 1. The Morgan fingerprint density at radius 1 is 1.08 bits per heavy atom. The van der Waals surface area contributed by atoms with E-state index >= 15 is 0 Å². The summed E-state index contributed by atoms with van der Waals surface area (Å²) < 4.78 is 34.5. The molecule has 0 saturated heterocycles. The maximum atomic E-state index is 12.5. The molecule has 0 aliphatic rings. The Morgan fingerprint density at radius 2 is 1.88 bits per heavy atom. The molecule has 25 heavy (non-hydrogen) atoms. The molecule has 2 aromatic carbocycles. The third-order valence-corrected chi connectivity index (χ3v) is 3.84. The largest absolute Gasteiger partial charge is 0.493 e. The van der Waals surface area contributed by atoms with Gasteiger partial charge < -0.3 is 9.47 Å². The molecule has 1 heterocycles. The Hall–Kier alpha value is -2.66. The van der Waals surface area contributed by atoms with Crippen molar-refractivity contribution in [3.05, 3.63) is 65.9 Å². The molecular formula is C19H14ClF2NO2. The summed E-state index contributed by atoms with van der Waals surface area (Å²) in [6.07, 6.45) is 1.64. The molecule has 128 valence electrons. The minimum absolute atomic E-state index is 0.0535. The second kappa shape index (κ2) is 7.49. The molecule has 0 saturated carbocycles. The van der Waals surface area contributed by atoms with Gasteiger partial charge in [0.1, 0.15) is 0 Å². The number of rotatable bonds is 5. The van der Waals surface area contributed by atoms with Gasteiger partial charge in [-0.1, -0.05) is 41.9 Å². The molecule has 3 nitrogen and oxygen atoms in total. The normalized spacial score (nSPS) is 11.8. The molecule has 0 aliphatic carbocycles. The average Bonchev–Trinajstić information content (AvgIpc) is 2.61. The number of pyridine rings is 1. The van der Waals surface area contributed by atoms with E-state index in [1.54, 1.807) is 24.3 Å². The second-order valence-electron chi connectivity index (χ2n) is 5.17. The summed E-state index contributed by atoms with van der Waals surface area (Å²) in [5.74, 6) is 0.166. The molecular weight excluding hydrogens is 348 g/mol. The van der Waals surface area contributed by atoms with E-state index in [1.165, 1.54) is 13.2 Å². The van der Waals surface area contributed by atoms with E-state index in [4.69, 9.17) is 16.3 Å². The SMILES string of the molecule is COc1ccc(/C=C(\Cl)c2ccc3ccccc3n2)cc1OC(F)F. The van der Waals surface area contributed by atoms with E-state index in [9.17, 15) is 8.78 Å². The van der Waals surface area contributed by atoms with Crippen molar-refractivity contribution < 1.29 is 18.3 Å². The van der Waals surface area contributed by atoms with Crippen LogP contribution in [-0.4, -0.2) is 18.7 Å². The molecule has 3 rings (SSSR count). The maximum Gasteiger partial charge on any atom is 0.387 e. The van der Waals surface area contributed by atoms with Crippen LogP contribution in [0.25, 0.3) is 22.0 Å². The van der Waals surface area contributed by atoms with Crippen LogP contribution in [0.2, 0.25) is 0 Å². The van der Waals surface area contributed by atoms with Crippen LogP contribution in [0.4, 0.5) is 8.78 Å². The molecule has 0 amide bonds. The minimum atomic E-state index is -2.94. The van der Waals surface area contributed by atoms with Gasteiger partial charge in [-0.2, -0.15) is 8.78 Å². The van der Waals surface area contributed by atoms with Crippen LogP contribution >= 0.6 is 11.6 Å². The number of benzene rings is 2. The number of hydrogen-bond acceptors (Lipinski definition) is 3. The van der Waals surface area contributed by atoms with Crippen LogP contribution in [0, 0.1) is 0 Å². The van der Waals surface area contributed by atoms with Crippen molar-refractivity contribution in [2.24, 2.45) is 0 Å². The molecule has 0 atom stereocenters. The average molecular weight is 362 g/mol. The number of hydrogen-bond donors (Lipinski definition) is 0. The lowest BCUT2D eigenvalue weighted by atomic mass is 10.1. The summed E-state index contributed by atoms with van der Waals surface area (Å²) in [5.41, 5.74) is 2.01. The van der Waals surface area contributed by atoms with Crippen LogP contribution in [-0.2, 0) is 0 Å². The topological polar surface area (TPSA) is 31.4 Å². The predicted octanol–water partition coefficient (Wildman–Crippen LogP) is 5.58. The van der Waals surface area contributed by atoms with Gasteiger partial charge in [-0.3, -0.25) is 0 Å². The van der Waals surface area contributed by atoms with Crippen LogP contribution in [0.5, 0.6) is 11.5 Å². The number of halogens is 3. The molecule has 6 heteroatoms. The molecule has 3 aromatic rings. The molecule has 0 unspecified atom stereocenters. The highest BCUT2D eigenvalue weighted by Crippen LogP contribution is 2.31. The highest BCUT2D eigenvalue weighted by molar-refractivity contribution is 6.51. The number of fused-ring (bicyclic) bond motifs is 1. The molecule has 1 aromatic heterocycles. The highest BCUT2D eigenvalue weighted by Gasteiger charge is 2.11. The van der Waals surface area contributed by atoms with E-state index in [0.29, 0.717) is 16.3 Å². The van der Waals surface area contributed by atoms with Gasteiger partial charge in [-0.05, 0) is 35.9 Å². The maximum absolute atomic E-state index is 12.5. The fourth-order valence-electron chi connectivity index (χ4n) is 2.39. The Kier molecular flexibility index (Phi) is 5.14. The molecule has 0 bridgehead atoms. The fourth-order valence-corrected chi connectivity index (χ4v) is 2.62. The molecule has 0 fully saturated rings. The van der Waals surface area contributed by atoms with Crippen LogP contribution < -0.4 is 9.47 Å². The van der Waals surface area contributed by atoms with E-state index in [0.717, 1.165) is 10.9 Å². The lowest BCUT2D eigenvalue weighted by Gasteiger charge is -2.10. The van der Waals surface area contributed by atoms with Crippen molar-refractivity contribution in [3.8, 4) is 11.5 Å². The third kappa shape index (κ3) is 4.06. The lowest BCUT2D eigenvalue weighted by Crippen LogP contribution is -2.03. The van der Waals surface area contributed by atoms with Crippen molar-refractivity contribution in [2.75, 3.05) is 7.11 Å². The number of ether oxygens (including phenoxy) is 2. The Bertz CT molecular complexity index is 928. The summed E-state index contributed by atoms with van der Waals surface area (Å²) >= 11 is 6.35. The van der Waals surface area contributed by atoms with Gasteiger partial charge >= 0.3 is 6.61 Å². The predicted molar refractivity (Wildman–Crippen MR) is 95.1 cm³/mol. The van der Waals surface area contributed by atoms with Crippen molar-refractivity contribution in [2.45, 2.75) is 6.61 Å². The van der Waals surface area contributed by atoms with Gasteiger partial charge in [0.15, 0.2) is 11.5 Å². The lowest BCUT2D eigenvalue weighted by molar-refractivity contribution is -0.0512. The zero-order chi connectivity index (χ0) is 17.8. The number of para-hydroxylation sites is 1. The molecule has 0 aliphatic heterocycles. The van der Waals surface area contributed by atoms with Gasteiger partial charge in [-0.15, -0.1) is 0 Å². The van der Waals surface area contributed by atoms with Gasteiger partial charge in [-0.25, -0.2) is 4.98 Å². The molecule has 0 N–H and O–H groups in total. The van der Waals surface area contributed by atoms with Crippen LogP contribution in [0.15, 0.2) is 54.6 Å². The molecule has 0 radical (unpaired) electrons. The Balaban J connectivity index is 1.95. The summed E-state index contributed by atoms with van der Waals surface area (Å²) in [6.45, 7) is -2.94. The van der Waals surface area contributed by atoms with E-state index in [1.807, 2.05) is 30.3 Å². The highest BCUT2D eigenvalue weighted by atomic mass is 35.5. The third-order valence-electron chi connectivity index (χ3n) is 3.54. The smallest absolute Gasteiger partial charge is 0.387 e. The van der Waals surface area contributed by atoms with Crippen LogP contribution in [0.1, 0.15) is 11.3 Å². The van der Waals surface area contributed by atoms with E-state index in [-0.39, 0.29) is 11.5 Å². The van der Waals surface area contributed by atoms with Gasteiger partial charge in [0, 0.05) is 5.39 Å². The first-order valence-corrected chi connectivity index (χ1v) is 7.81. The Labute approximate surface area is 148 Å². The first kappa shape index (κ1) is 17.2. The summed E-state index contributed by atoms with van der Waals surface area (Å²) in [5, 5.41) is 1.40.